The zero-order valence-corrected chi connectivity index (χ0v) is 15.8. The van der Waals surface area contributed by atoms with E-state index < -0.39 is 54.7 Å². The maximum atomic E-state index is 11.6. The summed E-state index contributed by atoms with van der Waals surface area (Å²) < 4.78 is 37.4. The van der Waals surface area contributed by atoms with Crippen LogP contribution in [0.5, 0.6) is 0 Å². The summed E-state index contributed by atoms with van der Waals surface area (Å²) in [7, 11) is 4.14. The van der Waals surface area contributed by atoms with Gasteiger partial charge in [0.1, 0.15) is 12.2 Å². The fourth-order valence-corrected chi connectivity index (χ4v) is 2.81. The predicted molar refractivity (Wildman–Crippen MR) is 85.0 cm³/mol. The van der Waals surface area contributed by atoms with Crippen LogP contribution in [0.1, 0.15) is 20.8 Å². The van der Waals surface area contributed by atoms with E-state index >= 15 is 0 Å². The minimum Gasteiger partial charge on any atom is -0.457 e. The van der Waals surface area contributed by atoms with Crippen molar-refractivity contribution in [2.75, 3.05) is 27.9 Å². The van der Waals surface area contributed by atoms with E-state index in [9.17, 15) is 14.4 Å². The topological polar surface area (TPSA) is 116 Å². The first-order valence-electron chi connectivity index (χ1n) is 7.96. The number of carbonyl (C=O) groups excluding carboxylic acids is 3. The molecule has 0 aliphatic carbocycles. The van der Waals surface area contributed by atoms with E-state index in [1.807, 2.05) is 0 Å². The van der Waals surface area contributed by atoms with Gasteiger partial charge in [0.15, 0.2) is 24.6 Å². The second-order valence-electron chi connectivity index (χ2n) is 5.66. The zero-order chi connectivity index (χ0) is 19.9. The van der Waals surface area contributed by atoms with E-state index in [4.69, 9.17) is 33.2 Å². The summed E-state index contributed by atoms with van der Waals surface area (Å²) in [5, 5.41) is 0. The molecule has 0 unspecified atom stereocenters. The number of hydrogen-bond acceptors (Lipinski definition) is 10. The van der Waals surface area contributed by atoms with Gasteiger partial charge in [0.05, 0.1) is 6.61 Å². The third-order valence-electron chi connectivity index (χ3n) is 3.65. The van der Waals surface area contributed by atoms with Gasteiger partial charge in [-0.15, -0.1) is 0 Å². The maximum absolute atomic E-state index is 11.6. The van der Waals surface area contributed by atoms with Crippen molar-refractivity contribution < 1.29 is 47.5 Å². The standard InChI is InChI=1S/C16H26O10/c1-8(17)23-11(7-20-4)12-14(24-9(2)18)13(21-5)15(25-10(3)19)16(22-6)26-12/h11-16H,7H2,1-6H3/t11-,12-,13+,14-,15-,16-/m1/s1. The van der Waals surface area contributed by atoms with Gasteiger partial charge in [-0.2, -0.15) is 0 Å². The maximum Gasteiger partial charge on any atom is 0.303 e. The Hall–Kier alpha value is -1.75. The van der Waals surface area contributed by atoms with Crippen LogP contribution in [0.4, 0.5) is 0 Å². The van der Waals surface area contributed by atoms with Crippen LogP contribution in [0.2, 0.25) is 0 Å². The van der Waals surface area contributed by atoms with E-state index in [-0.39, 0.29) is 6.61 Å². The third kappa shape index (κ3) is 5.90. The molecule has 1 aliphatic heterocycles. The summed E-state index contributed by atoms with van der Waals surface area (Å²) in [6.07, 6.45) is -5.85. The van der Waals surface area contributed by atoms with Crippen LogP contribution in [0.15, 0.2) is 0 Å². The number of rotatable bonds is 8. The van der Waals surface area contributed by atoms with Gasteiger partial charge in [-0.25, -0.2) is 0 Å². The summed E-state index contributed by atoms with van der Waals surface area (Å²) in [4.78, 5) is 34.5. The van der Waals surface area contributed by atoms with Crippen LogP contribution in [0.25, 0.3) is 0 Å². The third-order valence-corrected chi connectivity index (χ3v) is 3.65. The summed E-state index contributed by atoms with van der Waals surface area (Å²) in [6, 6.07) is 0. The van der Waals surface area contributed by atoms with Crippen LogP contribution in [0, 0.1) is 0 Å². The molecule has 1 heterocycles. The molecule has 0 aromatic carbocycles. The fourth-order valence-electron chi connectivity index (χ4n) is 2.81. The minimum atomic E-state index is -1.03. The second-order valence-corrected chi connectivity index (χ2v) is 5.66. The Bertz CT molecular complexity index is 493. The van der Waals surface area contributed by atoms with E-state index in [1.54, 1.807) is 0 Å². The highest BCUT2D eigenvalue weighted by Gasteiger charge is 2.53. The first-order chi connectivity index (χ1) is 12.2. The van der Waals surface area contributed by atoms with E-state index in [0.29, 0.717) is 0 Å². The SMILES string of the molecule is COC[C@@H](OC(C)=O)[C@H]1O[C@@H](OC)[C@H](OC(C)=O)[C@@H](OC)[C@@H]1OC(C)=O. The van der Waals surface area contributed by atoms with Crippen molar-refractivity contribution in [2.24, 2.45) is 0 Å². The molecule has 10 nitrogen and oxygen atoms in total. The van der Waals surface area contributed by atoms with Crippen LogP contribution >= 0.6 is 0 Å². The number of carbonyl (C=O) groups is 3. The molecule has 1 aliphatic rings. The number of esters is 3. The Balaban J connectivity index is 3.25. The van der Waals surface area contributed by atoms with Crippen molar-refractivity contribution in [2.45, 2.75) is 57.6 Å². The molecule has 0 spiro atoms. The van der Waals surface area contributed by atoms with E-state index in [0.717, 1.165) is 0 Å². The van der Waals surface area contributed by atoms with Crippen LogP contribution in [-0.4, -0.2) is 82.7 Å². The Kier molecular flexibility index (Phi) is 8.93. The van der Waals surface area contributed by atoms with Crippen molar-refractivity contribution in [1.82, 2.24) is 0 Å². The van der Waals surface area contributed by atoms with Crippen molar-refractivity contribution in [3.63, 3.8) is 0 Å². The van der Waals surface area contributed by atoms with Gasteiger partial charge in [-0.05, 0) is 0 Å². The normalized spacial score (nSPS) is 29.5. The lowest BCUT2D eigenvalue weighted by molar-refractivity contribution is -0.314. The van der Waals surface area contributed by atoms with Crippen molar-refractivity contribution in [1.29, 1.82) is 0 Å². The van der Waals surface area contributed by atoms with Gasteiger partial charge in [0, 0.05) is 42.1 Å². The summed E-state index contributed by atoms with van der Waals surface area (Å²) >= 11 is 0. The number of ether oxygens (including phenoxy) is 7. The molecule has 1 saturated heterocycles. The predicted octanol–water partition coefficient (Wildman–Crippen LogP) is -0.186. The molecule has 0 radical (unpaired) electrons. The molecule has 6 atom stereocenters. The van der Waals surface area contributed by atoms with Crippen LogP contribution < -0.4 is 0 Å². The summed E-state index contributed by atoms with van der Waals surface area (Å²) in [5.74, 6) is -1.76. The van der Waals surface area contributed by atoms with Gasteiger partial charge in [0.2, 0.25) is 0 Å². The summed E-state index contributed by atoms with van der Waals surface area (Å²) in [5.41, 5.74) is 0. The molecule has 10 heteroatoms. The highest BCUT2D eigenvalue weighted by Crippen LogP contribution is 2.31. The quantitative estimate of drug-likeness (QED) is 0.416. The molecule has 0 N–H and O–H groups in total. The molecular formula is C16H26O10. The van der Waals surface area contributed by atoms with Gasteiger partial charge in [-0.1, -0.05) is 0 Å². The molecule has 0 aromatic heterocycles. The lowest BCUT2D eigenvalue weighted by Gasteiger charge is -2.45. The Labute approximate surface area is 151 Å². The average molecular weight is 378 g/mol. The van der Waals surface area contributed by atoms with Crippen molar-refractivity contribution >= 4 is 17.9 Å². The largest absolute Gasteiger partial charge is 0.457 e. The Morgan fingerprint density at radius 1 is 0.846 bits per heavy atom. The lowest BCUT2D eigenvalue weighted by Crippen LogP contribution is -2.64. The molecule has 0 amide bonds. The van der Waals surface area contributed by atoms with E-state index in [2.05, 4.69) is 0 Å². The first kappa shape index (κ1) is 22.3. The summed E-state index contributed by atoms with van der Waals surface area (Å²) in [6.45, 7) is 3.64. The fraction of sp³-hybridized carbons (Fsp3) is 0.812. The molecule has 0 bridgehead atoms. The molecular weight excluding hydrogens is 352 g/mol. The van der Waals surface area contributed by atoms with Crippen LogP contribution in [0.3, 0.4) is 0 Å². The van der Waals surface area contributed by atoms with Crippen molar-refractivity contribution in [3.05, 3.63) is 0 Å². The van der Waals surface area contributed by atoms with E-state index in [1.165, 1.54) is 42.1 Å². The highest BCUT2D eigenvalue weighted by atomic mass is 16.7. The second kappa shape index (κ2) is 10.4. The molecule has 1 fully saturated rings. The highest BCUT2D eigenvalue weighted by molar-refractivity contribution is 5.67. The zero-order valence-electron chi connectivity index (χ0n) is 15.8. The van der Waals surface area contributed by atoms with Gasteiger partial charge in [0.25, 0.3) is 0 Å². The molecule has 0 saturated carbocycles. The van der Waals surface area contributed by atoms with Gasteiger partial charge in [-0.3, -0.25) is 14.4 Å². The number of methoxy groups -OCH3 is 3. The van der Waals surface area contributed by atoms with Crippen molar-refractivity contribution in [3.8, 4) is 0 Å². The first-order valence-corrected chi connectivity index (χ1v) is 7.96. The minimum absolute atomic E-state index is 0.0207. The Morgan fingerprint density at radius 2 is 1.42 bits per heavy atom. The van der Waals surface area contributed by atoms with Gasteiger partial charge >= 0.3 is 17.9 Å². The monoisotopic (exact) mass is 378 g/mol. The molecule has 150 valence electrons. The van der Waals surface area contributed by atoms with Gasteiger partial charge < -0.3 is 33.2 Å². The molecule has 0 aromatic rings. The molecule has 26 heavy (non-hydrogen) atoms. The Morgan fingerprint density at radius 3 is 1.85 bits per heavy atom. The lowest BCUT2D eigenvalue weighted by atomic mass is 9.94. The number of hydrogen-bond donors (Lipinski definition) is 0. The average Bonchev–Trinajstić information content (AvgIpc) is 2.53. The van der Waals surface area contributed by atoms with Crippen LogP contribution in [-0.2, 0) is 47.5 Å². The molecule has 1 rings (SSSR count). The smallest absolute Gasteiger partial charge is 0.303 e.